The van der Waals surface area contributed by atoms with Crippen molar-refractivity contribution in [1.82, 2.24) is 20.0 Å². The van der Waals surface area contributed by atoms with Gasteiger partial charge in [0.2, 0.25) is 0 Å². The highest BCUT2D eigenvalue weighted by Gasteiger charge is 2.23. The summed E-state index contributed by atoms with van der Waals surface area (Å²) in [6.07, 6.45) is 0.0720. The molecule has 0 aliphatic carbocycles. The maximum Gasteiger partial charge on any atom is 0.409 e. The third-order valence-electron chi connectivity index (χ3n) is 5.49. The quantitative estimate of drug-likeness (QED) is 0.582. The summed E-state index contributed by atoms with van der Waals surface area (Å²) in [5.41, 5.74) is 2.56. The van der Waals surface area contributed by atoms with Crippen LogP contribution in [0.4, 0.5) is 4.79 Å². The summed E-state index contributed by atoms with van der Waals surface area (Å²) in [7, 11) is 1.80. The molecule has 0 radical (unpaired) electrons. The van der Waals surface area contributed by atoms with E-state index >= 15 is 0 Å². The van der Waals surface area contributed by atoms with Gasteiger partial charge in [-0.1, -0.05) is 24.3 Å². The summed E-state index contributed by atoms with van der Waals surface area (Å²) < 4.78 is 10.7. The van der Waals surface area contributed by atoms with Gasteiger partial charge in [-0.3, -0.25) is 9.89 Å². The van der Waals surface area contributed by atoms with Gasteiger partial charge in [-0.05, 0) is 25.0 Å². The molecule has 3 rings (SSSR count). The molecule has 1 amide bonds. The van der Waals surface area contributed by atoms with Crippen LogP contribution in [0.5, 0.6) is 0 Å². The van der Waals surface area contributed by atoms with E-state index in [4.69, 9.17) is 9.47 Å². The highest BCUT2D eigenvalue weighted by atomic mass is 16.6. The van der Waals surface area contributed by atoms with Crippen LogP contribution < -0.4 is 5.32 Å². The number of nitrogens with zero attached hydrogens (tertiary/aromatic N) is 4. The first kappa shape index (κ1) is 22.4. The van der Waals surface area contributed by atoms with Crippen LogP contribution in [0.15, 0.2) is 29.3 Å². The van der Waals surface area contributed by atoms with E-state index in [2.05, 4.69) is 51.3 Å². The Kier molecular flexibility index (Phi) is 8.33. The van der Waals surface area contributed by atoms with Crippen LogP contribution in [0.2, 0.25) is 0 Å². The van der Waals surface area contributed by atoms with Crippen molar-refractivity contribution in [2.75, 3.05) is 59.5 Å². The second kappa shape index (κ2) is 11.2. The molecule has 1 atom stereocenters. The Bertz CT molecular complexity index is 718. The van der Waals surface area contributed by atoms with Gasteiger partial charge in [0.1, 0.15) is 0 Å². The summed E-state index contributed by atoms with van der Waals surface area (Å²) in [5.74, 6) is 0.867. The number of ether oxygens (including phenoxy) is 2. The number of benzene rings is 1. The standard InChI is InChI=1S/C22H35N5O3/c1-4-29-22(28)27-10-8-26(9-11-27)21(23-3)24-15-19-6-5-7-20(14-19)17-25-12-13-30-18(2)16-25/h5-7,14,18H,4,8-13,15-17H2,1-3H3,(H,23,24). The van der Waals surface area contributed by atoms with E-state index in [-0.39, 0.29) is 6.09 Å². The zero-order valence-electron chi connectivity index (χ0n) is 18.5. The largest absolute Gasteiger partial charge is 0.450 e. The first-order valence-electron chi connectivity index (χ1n) is 10.9. The highest BCUT2D eigenvalue weighted by Crippen LogP contribution is 2.12. The average molecular weight is 418 g/mol. The number of aliphatic imine (C=N–C) groups is 1. The Morgan fingerprint density at radius 3 is 2.63 bits per heavy atom. The molecule has 8 nitrogen and oxygen atoms in total. The van der Waals surface area contributed by atoms with Gasteiger partial charge in [0.05, 0.1) is 19.3 Å². The number of carbonyl (C=O) groups is 1. The molecule has 2 aliphatic heterocycles. The summed E-state index contributed by atoms with van der Waals surface area (Å²) in [6, 6.07) is 8.72. The fourth-order valence-electron chi connectivity index (χ4n) is 3.96. The number of rotatable bonds is 5. The summed E-state index contributed by atoms with van der Waals surface area (Å²) in [5, 5.41) is 3.47. The van der Waals surface area contributed by atoms with Crippen LogP contribution in [0, 0.1) is 0 Å². The van der Waals surface area contributed by atoms with E-state index in [0.717, 1.165) is 51.8 Å². The lowest BCUT2D eigenvalue weighted by Gasteiger charge is -2.35. The first-order valence-corrected chi connectivity index (χ1v) is 10.9. The zero-order valence-corrected chi connectivity index (χ0v) is 18.5. The summed E-state index contributed by atoms with van der Waals surface area (Å²) in [4.78, 5) is 22.7. The number of morpholine rings is 1. The number of piperazine rings is 1. The monoisotopic (exact) mass is 417 g/mol. The fourth-order valence-corrected chi connectivity index (χ4v) is 3.96. The van der Waals surface area contributed by atoms with Crippen LogP contribution in [-0.2, 0) is 22.6 Å². The number of guanidine groups is 1. The third kappa shape index (κ3) is 6.34. The lowest BCUT2D eigenvalue weighted by molar-refractivity contribution is -0.0212. The van der Waals surface area contributed by atoms with E-state index < -0.39 is 0 Å². The number of amides is 1. The molecule has 2 aliphatic rings. The van der Waals surface area contributed by atoms with Crippen molar-refractivity contribution in [1.29, 1.82) is 0 Å². The lowest BCUT2D eigenvalue weighted by atomic mass is 10.1. The Hall–Kier alpha value is -2.32. The molecular formula is C22H35N5O3. The number of nitrogens with one attached hydrogen (secondary N) is 1. The molecule has 0 spiro atoms. The van der Waals surface area contributed by atoms with Gasteiger partial charge in [-0.25, -0.2) is 4.79 Å². The van der Waals surface area contributed by atoms with Crippen molar-refractivity contribution >= 4 is 12.1 Å². The molecule has 0 aromatic heterocycles. The SMILES string of the molecule is CCOC(=O)N1CCN(C(=NC)NCc2cccc(CN3CCOC(C)C3)c2)CC1. The Morgan fingerprint density at radius 2 is 1.93 bits per heavy atom. The second-order valence-corrected chi connectivity index (χ2v) is 7.81. The molecule has 0 bridgehead atoms. The van der Waals surface area contributed by atoms with Crippen molar-refractivity contribution in [2.24, 2.45) is 4.99 Å². The smallest absolute Gasteiger partial charge is 0.409 e. The molecule has 2 fully saturated rings. The van der Waals surface area contributed by atoms with Gasteiger partial charge in [0.15, 0.2) is 5.96 Å². The summed E-state index contributed by atoms with van der Waals surface area (Å²) >= 11 is 0. The fraction of sp³-hybridized carbons (Fsp3) is 0.636. The van der Waals surface area contributed by atoms with Crippen LogP contribution in [-0.4, -0.2) is 92.4 Å². The van der Waals surface area contributed by atoms with Gasteiger partial charge in [0.25, 0.3) is 0 Å². The van der Waals surface area contributed by atoms with Crippen molar-refractivity contribution in [3.05, 3.63) is 35.4 Å². The van der Waals surface area contributed by atoms with Crippen molar-refractivity contribution in [3.8, 4) is 0 Å². The molecule has 30 heavy (non-hydrogen) atoms. The molecule has 2 heterocycles. The van der Waals surface area contributed by atoms with E-state index in [1.54, 1.807) is 11.9 Å². The highest BCUT2D eigenvalue weighted by molar-refractivity contribution is 5.80. The molecule has 0 saturated carbocycles. The molecule has 1 aromatic carbocycles. The van der Waals surface area contributed by atoms with Crippen LogP contribution >= 0.6 is 0 Å². The lowest BCUT2D eigenvalue weighted by Crippen LogP contribution is -2.53. The van der Waals surface area contributed by atoms with Crippen molar-refractivity contribution in [3.63, 3.8) is 0 Å². The first-order chi connectivity index (χ1) is 14.6. The minimum Gasteiger partial charge on any atom is -0.450 e. The third-order valence-corrected chi connectivity index (χ3v) is 5.49. The van der Waals surface area contributed by atoms with Crippen molar-refractivity contribution in [2.45, 2.75) is 33.0 Å². The molecule has 2 saturated heterocycles. The van der Waals surface area contributed by atoms with Gasteiger partial charge in [0, 0.05) is 59.4 Å². The Balaban J connectivity index is 1.49. The van der Waals surface area contributed by atoms with Gasteiger partial charge in [-0.15, -0.1) is 0 Å². The van der Waals surface area contributed by atoms with E-state index in [1.165, 1.54) is 11.1 Å². The Labute approximate surface area is 179 Å². The van der Waals surface area contributed by atoms with E-state index in [0.29, 0.717) is 25.8 Å². The topological polar surface area (TPSA) is 69.6 Å². The maximum atomic E-state index is 11.9. The zero-order chi connectivity index (χ0) is 21.3. The van der Waals surface area contributed by atoms with Crippen molar-refractivity contribution < 1.29 is 14.3 Å². The molecule has 1 unspecified atom stereocenters. The molecule has 1 N–H and O–H groups in total. The molecular weight excluding hydrogens is 382 g/mol. The molecule has 1 aromatic rings. The minimum atomic E-state index is -0.230. The Morgan fingerprint density at radius 1 is 1.20 bits per heavy atom. The number of carbonyl (C=O) groups excluding carboxylic acids is 1. The van der Waals surface area contributed by atoms with E-state index in [9.17, 15) is 4.79 Å². The average Bonchev–Trinajstić information content (AvgIpc) is 2.75. The van der Waals surface area contributed by atoms with Crippen LogP contribution in [0.1, 0.15) is 25.0 Å². The number of hydrogen-bond donors (Lipinski definition) is 1. The van der Waals surface area contributed by atoms with E-state index in [1.807, 2.05) is 6.92 Å². The van der Waals surface area contributed by atoms with Gasteiger partial charge in [-0.2, -0.15) is 0 Å². The van der Waals surface area contributed by atoms with Crippen LogP contribution in [0.25, 0.3) is 0 Å². The summed E-state index contributed by atoms with van der Waals surface area (Å²) in [6.45, 7) is 11.6. The second-order valence-electron chi connectivity index (χ2n) is 7.81. The predicted molar refractivity (Wildman–Crippen MR) is 117 cm³/mol. The minimum absolute atomic E-state index is 0.230. The number of hydrogen-bond acceptors (Lipinski definition) is 5. The molecule has 166 valence electrons. The normalized spacial score (nSPS) is 20.9. The maximum absolute atomic E-state index is 11.9. The predicted octanol–water partition coefficient (Wildman–Crippen LogP) is 1.76. The van der Waals surface area contributed by atoms with Gasteiger partial charge >= 0.3 is 6.09 Å². The van der Waals surface area contributed by atoms with Gasteiger partial charge < -0.3 is 24.6 Å². The molecule has 8 heteroatoms. The van der Waals surface area contributed by atoms with Crippen LogP contribution in [0.3, 0.4) is 0 Å².